The van der Waals surface area contributed by atoms with E-state index in [1.807, 2.05) is 11.9 Å². The Hall–Kier alpha value is -0.570. The van der Waals surface area contributed by atoms with E-state index in [2.05, 4.69) is 33.0 Å². The normalized spacial score (nSPS) is 24.7. The third-order valence-corrected chi connectivity index (χ3v) is 3.43. The van der Waals surface area contributed by atoms with Crippen LogP contribution in [0.15, 0.2) is 0 Å². The summed E-state index contributed by atoms with van der Waals surface area (Å²) in [5.74, 6) is 0.825. The maximum atomic E-state index is 11.8. The van der Waals surface area contributed by atoms with Crippen LogP contribution in [0.1, 0.15) is 34.1 Å². The Bertz CT molecular complexity index is 232. The first kappa shape index (κ1) is 12.5. The number of nitrogens with zero attached hydrogens (tertiary/aromatic N) is 1. The van der Waals surface area contributed by atoms with Gasteiger partial charge in [-0.25, -0.2) is 0 Å². The minimum Gasteiger partial charge on any atom is -0.341 e. The average Bonchev–Trinajstić information content (AvgIpc) is 2.47. The molecule has 0 spiro atoms. The lowest BCUT2D eigenvalue weighted by Crippen LogP contribution is -2.38. The molecule has 88 valence electrons. The quantitative estimate of drug-likeness (QED) is 0.768. The lowest BCUT2D eigenvalue weighted by molar-refractivity contribution is -0.128. The second-order valence-corrected chi connectivity index (χ2v) is 5.76. The highest BCUT2D eigenvalue weighted by Crippen LogP contribution is 2.34. The summed E-state index contributed by atoms with van der Waals surface area (Å²) in [5.41, 5.74) is 0.243. The van der Waals surface area contributed by atoms with Crippen LogP contribution in [0.4, 0.5) is 0 Å². The van der Waals surface area contributed by atoms with Crippen molar-refractivity contribution < 1.29 is 4.79 Å². The van der Waals surface area contributed by atoms with E-state index in [0.29, 0.717) is 17.9 Å². The summed E-state index contributed by atoms with van der Waals surface area (Å²) in [7, 11) is 1.94. The number of likely N-dealkylation sites (tertiary alicyclic amines) is 1. The van der Waals surface area contributed by atoms with Crippen LogP contribution in [0.25, 0.3) is 0 Å². The van der Waals surface area contributed by atoms with E-state index in [4.69, 9.17) is 0 Å². The van der Waals surface area contributed by atoms with Crippen LogP contribution in [0.5, 0.6) is 0 Å². The molecule has 15 heavy (non-hydrogen) atoms. The molecule has 1 N–H and O–H groups in total. The van der Waals surface area contributed by atoms with Crippen molar-refractivity contribution in [1.82, 2.24) is 10.2 Å². The number of hydrogen-bond acceptors (Lipinski definition) is 2. The minimum absolute atomic E-state index is 0.243. The predicted octanol–water partition coefficient (Wildman–Crippen LogP) is 1.49. The van der Waals surface area contributed by atoms with Crippen molar-refractivity contribution in [3.63, 3.8) is 0 Å². The summed E-state index contributed by atoms with van der Waals surface area (Å²) >= 11 is 0. The zero-order valence-corrected chi connectivity index (χ0v) is 10.6. The van der Waals surface area contributed by atoms with Gasteiger partial charge in [0.15, 0.2) is 0 Å². The molecule has 1 saturated heterocycles. The highest BCUT2D eigenvalue weighted by Gasteiger charge is 2.36. The number of rotatable bonds is 3. The van der Waals surface area contributed by atoms with Crippen LogP contribution in [0.2, 0.25) is 0 Å². The summed E-state index contributed by atoms with van der Waals surface area (Å²) in [5, 5.41) is 3.17. The molecule has 0 aromatic heterocycles. The maximum absolute atomic E-state index is 11.8. The summed E-state index contributed by atoms with van der Waals surface area (Å²) in [6, 6.07) is 0.382. The van der Waals surface area contributed by atoms with Crippen LogP contribution in [-0.4, -0.2) is 37.0 Å². The molecule has 0 saturated carbocycles. The van der Waals surface area contributed by atoms with Crippen LogP contribution in [0, 0.1) is 11.3 Å². The smallest absolute Gasteiger partial charge is 0.222 e. The van der Waals surface area contributed by atoms with Crippen molar-refractivity contribution in [3.05, 3.63) is 0 Å². The fourth-order valence-electron chi connectivity index (χ4n) is 1.95. The molecule has 3 nitrogen and oxygen atoms in total. The van der Waals surface area contributed by atoms with E-state index in [1.165, 1.54) is 0 Å². The first-order valence-electron chi connectivity index (χ1n) is 5.79. The second-order valence-electron chi connectivity index (χ2n) is 5.76. The molecule has 0 aromatic carbocycles. The number of hydrogen-bond donors (Lipinski definition) is 1. The Morgan fingerprint density at radius 3 is 2.53 bits per heavy atom. The van der Waals surface area contributed by atoms with Gasteiger partial charge in [-0.1, -0.05) is 20.8 Å². The van der Waals surface area contributed by atoms with E-state index in [1.54, 1.807) is 0 Å². The van der Waals surface area contributed by atoms with Gasteiger partial charge in [0.1, 0.15) is 0 Å². The average molecular weight is 212 g/mol. The zero-order valence-electron chi connectivity index (χ0n) is 10.6. The van der Waals surface area contributed by atoms with Crippen molar-refractivity contribution in [2.45, 2.75) is 40.2 Å². The maximum Gasteiger partial charge on any atom is 0.222 e. The number of likely N-dealkylation sites (N-methyl/N-ethyl adjacent to an activating group) is 1. The van der Waals surface area contributed by atoms with Gasteiger partial charge in [0, 0.05) is 25.6 Å². The summed E-state index contributed by atoms with van der Waals surface area (Å²) < 4.78 is 0. The Labute approximate surface area is 93.2 Å². The Morgan fingerprint density at radius 2 is 2.13 bits per heavy atom. The van der Waals surface area contributed by atoms with Gasteiger partial charge < -0.3 is 10.2 Å². The summed E-state index contributed by atoms with van der Waals surface area (Å²) in [4.78, 5) is 13.8. The van der Waals surface area contributed by atoms with E-state index in [9.17, 15) is 4.79 Å². The van der Waals surface area contributed by atoms with Crippen LogP contribution < -0.4 is 5.32 Å². The zero-order chi connectivity index (χ0) is 11.6. The highest BCUT2D eigenvalue weighted by atomic mass is 16.2. The molecule has 0 aromatic rings. The summed E-state index contributed by atoms with van der Waals surface area (Å²) in [6.07, 6.45) is 0.722. The lowest BCUT2D eigenvalue weighted by Gasteiger charge is -2.27. The van der Waals surface area contributed by atoms with E-state index >= 15 is 0 Å². The number of amides is 1. The molecule has 1 aliphatic heterocycles. The molecule has 1 fully saturated rings. The Kier molecular flexibility index (Phi) is 3.77. The van der Waals surface area contributed by atoms with Crippen molar-refractivity contribution in [2.75, 3.05) is 20.1 Å². The summed E-state index contributed by atoms with van der Waals surface area (Å²) in [6.45, 7) is 10.5. The largest absolute Gasteiger partial charge is 0.341 e. The Balaban J connectivity index is 2.53. The first-order chi connectivity index (χ1) is 6.84. The third-order valence-electron chi connectivity index (χ3n) is 3.43. The van der Waals surface area contributed by atoms with Crippen molar-refractivity contribution >= 4 is 5.91 Å². The predicted molar refractivity (Wildman–Crippen MR) is 62.7 cm³/mol. The van der Waals surface area contributed by atoms with Gasteiger partial charge in [0.05, 0.1) is 0 Å². The molecule has 0 bridgehead atoms. The van der Waals surface area contributed by atoms with Crippen molar-refractivity contribution in [2.24, 2.45) is 11.3 Å². The number of carbonyl (C=O) groups is 1. The van der Waals surface area contributed by atoms with Gasteiger partial charge in [-0.05, 0) is 25.3 Å². The highest BCUT2D eigenvalue weighted by molar-refractivity contribution is 5.78. The van der Waals surface area contributed by atoms with Gasteiger partial charge in [0.25, 0.3) is 0 Å². The first-order valence-corrected chi connectivity index (χ1v) is 5.79. The fourth-order valence-corrected chi connectivity index (χ4v) is 1.95. The topological polar surface area (TPSA) is 32.3 Å². The Morgan fingerprint density at radius 1 is 1.53 bits per heavy atom. The van der Waals surface area contributed by atoms with Gasteiger partial charge in [-0.3, -0.25) is 4.79 Å². The van der Waals surface area contributed by atoms with E-state index in [0.717, 1.165) is 19.5 Å². The SMILES string of the molecule is CNC(C)CN1CC(C(C)(C)C)CC1=O. The molecule has 1 aliphatic rings. The molecule has 0 radical (unpaired) electrons. The van der Waals surface area contributed by atoms with Gasteiger partial charge in [0.2, 0.25) is 5.91 Å². The standard InChI is InChI=1S/C12H24N2O/c1-9(13-5)7-14-8-10(6-11(14)15)12(2,3)4/h9-10,13H,6-8H2,1-5H3. The van der Waals surface area contributed by atoms with E-state index in [-0.39, 0.29) is 5.41 Å². The van der Waals surface area contributed by atoms with Crippen LogP contribution in [-0.2, 0) is 4.79 Å². The monoisotopic (exact) mass is 212 g/mol. The number of nitrogens with one attached hydrogen (secondary N) is 1. The minimum atomic E-state index is 0.243. The van der Waals surface area contributed by atoms with Gasteiger partial charge in [-0.2, -0.15) is 0 Å². The molecule has 1 heterocycles. The third kappa shape index (κ3) is 3.20. The molecular formula is C12H24N2O. The second kappa shape index (κ2) is 4.52. The van der Waals surface area contributed by atoms with Crippen molar-refractivity contribution in [3.8, 4) is 0 Å². The van der Waals surface area contributed by atoms with E-state index < -0.39 is 0 Å². The van der Waals surface area contributed by atoms with Gasteiger partial charge >= 0.3 is 0 Å². The number of carbonyl (C=O) groups excluding carboxylic acids is 1. The fraction of sp³-hybridized carbons (Fsp3) is 0.917. The molecule has 1 amide bonds. The molecule has 2 unspecified atom stereocenters. The van der Waals surface area contributed by atoms with Crippen LogP contribution in [0.3, 0.4) is 0 Å². The molecule has 1 rings (SSSR count). The van der Waals surface area contributed by atoms with Gasteiger partial charge in [-0.15, -0.1) is 0 Å². The molecule has 2 atom stereocenters. The molecule has 0 aliphatic carbocycles. The van der Waals surface area contributed by atoms with Crippen molar-refractivity contribution in [1.29, 1.82) is 0 Å². The molecule has 3 heteroatoms. The van der Waals surface area contributed by atoms with Crippen LogP contribution >= 0.6 is 0 Å². The molecular weight excluding hydrogens is 188 g/mol. The lowest BCUT2D eigenvalue weighted by atomic mass is 9.80.